The molecular weight excluding hydrogens is 270 g/mol. The van der Waals surface area contributed by atoms with Crippen LogP contribution in [0.5, 0.6) is 11.5 Å². The first-order valence-electron chi connectivity index (χ1n) is 5.86. The van der Waals surface area contributed by atoms with E-state index in [0.717, 1.165) is 0 Å². The largest absolute Gasteiger partial charge is 0.493 e. The van der Waals surface area contributed by atoms with Gasteiger partial charge in [-0.1, -0.05) is 0 Å². The molecule has 0 radical (unpaired) electrons. The molecule has 1 aromatic rings. The van der Waals surface area contributed by atoms with Gasteiger partial charge in [0.1, 0.15) is 0 Å². The summed E-state index contributed by atoms with van der Waals surface area (Å²) < 4.78 is 36.1. The number of rotatable bonds is 5. The van der Waals surface area contributed by atoms with Gasteiger partial charge in [-0.25, -0.2) is 8.42 Å². The molecule has 1 aromatic carbocycles. The van der Waals surface area contributed by atoms with Gasteiger partial charge in [-0.15, -0.1) is 0 Å². The Labute approximate surface area is 112 Å². The summed E-state index contributed by atoms with van der Waals surface area (Å²) in [5, 5.41) is 8.93. The van der Waals surface area contributed by atoms with Crippen molar-refractivity contribution >= 4 is 10.0 Å². The number of hydrogen-bond donors (Lipinski definition) is 1. The van der Waals surface area contributed by atoms with Crippen LogP contribution in [0, 0.1) is 5.92 Å². The molecule has 1 saturated heterocycles. The van der Waals surface area contributed by atoms with E-state index < -0.39 is 10.0 Å². The molecule has 0 bridgehead atoms. The Morgan fingerprint density at radius 2 is 1.89 bits per heavy atom. The molecule has 19 heavy (non-hydrogen) atoms. The van der Waals surface area contributed by atoms with Crippen LogP contribution in [0.1, 0.15) is 0 Å². The van der Waals surface area contributed by atoms with Gasteiger partial charge >= 0.3 is 0 Å². The summed E-state index contributed by atoms with van der Waals surface area (Å²) >= 11 is 0. The topological polar surface area (TPSA) is 76.1 Å². The molecular formula is C12H17NO5S. The van der Waals surface area contributed by atoms with Crippen LogP contribution < -0.4 is 9.47 Å². The lowest BCUT2D eigenvalue weighted by molar-refractivity contribution is 0.117. The number of aliphatic hydroxyl groups is 1. The zero-order valence-corrected chi connectivity index (χ0v) is 11.7. The highest BCUT2D eigenvalue weighted by Crippen LogP contribution is 2.32. The van der Waals surface area contributed by atoms with Crippen molar-refractivity contribution in [3.05, 3.63) is 18.2 Å². The van der Waals surface area contributed by atoms with Gasteiger partial charge in [-0.3, -0.25) is 0 Å². The van der Waals surface area contributed by atoms with Crippen molar-refractivity contribution in [1.82, 2.24) is 4.31 Å². The molecule has 1 aliphatic rings. The number of methoxy groups -OCH3 is 2. The van der Waals surface area contributed by atoms with E-state index in [9.17, 15) is 8.42 Å². The van der Waals surface area contributed by atoms with E-state index in [0.29, 0.717) is 24.6 Å². The Hall–Kier alpha value is -1.31. The lowest BCUT2D eigenvalue weighted by Crippen LogP contribution is -2.51. The predicted octanol–water partition coefficient (Wildman–Crippen LogP) is 0.317. The molecule has 1 N–H and O–H groups in total. The van der Waals surface area contributed by atoms with Gasteiger partial charge < -0.3 is 14.6 Å². The monoisotopic (exact) mass is 287 g/mol. The molecule has 0 saturated carbocycles. The van der Waals surface area contributed by atoms with Crippen LogP contribution in [-0.2, 0) is 10.0 Å². The van der Waals surface area contributed by atoms with Crippen LogP contribution in [0.25, 0.3) is 0 Å². The minimum absolute atomic E-state index is 0.0119. The van der Waals surface area contributed by atoms with E-state index in [4.69, 9.17) is 14.6 Å². The molecule has 2 rings (SSSR count). The Morgan fingerprint density at radius 3 is 2.42 bits per heavy atom. The van der Waals surface area contributed by atoms with E-state index in [-0.39, 0.29) is 17.4 Å². The minimum atomic E-state index is -3.52. The molecule has 0 spiro atoms. The van der Waals surface area contributed by atoms with Gasteiger partial charge in [0.15, 0.2) is 11.5 Å². The lowest BCUT2D eigenvalue weighted by atomic mass is 10.1. The lowest BCUT2D eigenvalue weighted by Gasteiger charge is -2.36. The van der Waals surface area contributed by atoms with E-state index in [1.807, 2.05) is 0 Å². The minimum Gasteiger partial charge on any atom is -0.493 e. The average molecular weight is 287 g/mol. The van der Waals surface area contributed by atoms with Gasteiger partial charge in [0, 0.05) is 31.7 Å². The number of aliphatic hydroxyl groups excluding tert-OH is 1. The van der Waals surface area contributed by atoms with Crippen LogP contribution in [-0.4, -0.2) is 51.7 Å². The van der Waals surface area contributed by atoms with E-state index >= 15 is 0 Å². The summed E-state index contributed by atoms with van der Waals surface area (Å²) in [7, 11) is -0.565. The number of hydrogen-bond acceptors (Lipinski definition) is 5. The van der Waals surface area contributed by atoms with Gasteiger partial charge in [0.2, 0.25) is 10.0 Å². The zero-order valence-electron chi connectivity index (χ0n) is 10.9. The fraction of sp³-hybridized carbons (Fsp3) is 0.500. The van der Waals surface area contributed by atoms with Gasteiger partial charge in [-0.2, -0.15) is 4.31 Å². The molecule has 0 unspecified atom stereocenters. The number of benzene rings is 1. The first-order chi connectivity index (χ1) is 9.02. The molecule has 1 fully saturated rings. The number of sulfonamides is 1. The van der Waals surface area contributed by atoms with E-state index in [2.05, 4.69) is 0 Å². The molecule has 6 nitrogen and oxygen atoms in total. The molecule has 0 atom stereocenters. The molecule has 106 valence electrons. The van der Waals surface area contributed by atoms with Gasteiger partial charge in [0.05, 0.1) is 19.1 Å². The quantitative estimate of drug-likeness (QED) is 0.844. The smallest absolute Gasteiger partial charge is 0.243 e. The third-order valence-corrected chi connectivity index (χ3v) is 5.00. The predicted molar refractivity (Wildman–Crippen MR) is 68.9 cm³/mol. The summed E-state index contributed by atoms with van der Waals surface area (Å²) in [6, 6.07) is 4.50. The second-order valence-corrected chi connectivity index (χ2v) is 6.33. The Bertz CT molecular complexity index is 551. The first kappa shape index (κ1) is 14.1. The maximum Gasteiger partial charge on any atom is 0.243 e. The first-order valence-corrected chi connectivity index (χ1v) is 7.30. The van der Waals surface area contributed by atoms with Crippen molar-refractivity contribution in [1.29, 1.82) is 0 Å². The van der Waals surface area contributed by atoms with Crippen molar-refractivity contribution in [3.8, 4) is 11.5 Å². The Morgan fingerprint density at radius 1 is 1.26 bits per heavy atom. The van der Waals surface area contributed by atoms with Crippen LogP contribution in [0.2, 0.25) is 0 Å². The highest BCUT2D eigenvalue weighted by atomic mass is 32.2. The van der Waals surface area contributed by atoms with Crippen LogP contribution in [0.4, 0.5) is 0 Å². The zero-order chi connectivity index (χ0) is 14.0. The average Bonchev–Trinajstić information content (AvgIpc) is 2.36. The molecule has 0 aliphatic carbocycles. The number of ether oxygens (including phenoxy) is 2. The highest BCUT2D eigenvalue weighted by Gasteiger charge is 2.36. The van der Waals surface area contributed by atoms with Crippen LogP contribution in [0.3, 0.4) is 0 Å². The van der Waals surface area contributed by atoms with Crippen molar-refractivity contribution in [2.45, 2.75) is 4.90 Å². The van der Waals surface area contributed by atoms with Gasteiger partial charge in [-0.05, 0) is 12.1 Å². The second kappa shape index (κ2) is 5.36. The maximum atomic E-state index is 12.3. The van der Waals surface area contributed by atoms with Crippen LogP contribution in [0.15, 0.2) is 23.1 Å². The van der Waals surface area contributed by atoms with Crippen molar-refractivity contribution in [3.63, 3.8) is 0 Å². The molecule has 1 heterocycles. The van der Waals surface area contributed by atoms with E-state index in [1.54, 1.807) is 6.07 Å². The molecule has 1 aliphatic heterocycles. The third-order valence-electron chi connectivity index (χ3n) is 3.17. The summed E-state index contributed by atoms with van der Waals surface area (Å²) in [5.41, 5.74) is 0. The number of nitrogens with zero attached hydrogens (tertiary/aromatic N) is 1. The van der Waals surface area contributed by atoms with Gasteiger partial charge in [0.25, 0.3) is 0 Å². The van der Waals surface area contributed by atoms with Crippen molar-refractivity contribution < 1.29 is 23.0 Å². The molecule has 0 aromatic heterocycles. The Balaban J connectivity index is 2.26. The summed E-state index contributed by atoms with van der Waals surface area (Å²) in [5.74, 6) is 0.899. The van der Waals surface area contributed by atoms with Crippen LogP contribution >= 0.6 is 0 Å². The normalized spacial score (nSPS) is 17.0. The molecule has 0 amide bonds. The summed E-state index contributed by atoms with van der Waals surface area (Å²) in [6.45, 7) is 0.721. The summed E-state index contributed by atoms with van der Waals surface area (Å²) in [6.07, 6.45) is 0. The van der Waals surface area contributed by atoms with Crippen molar-refractivity contribution in [2.75, 3.05) is 33.9 Å². The maximum absolute atomic E-state index is 12.3. The van der Waals surface area contributed by atoms with E-state index in [1.165, 1.54) is 30.7 Å². The fourth-order valence-corrected chi connectivity index (χ4v) is 3.57. The SMILES string of the molecule is COc1ccc(S(=O)(=O)N2CC(CO)C2)cc1OC. The standard InChI is InChI=1S/C12H17NO5S/c1-17-11-4-3-10(5-12(11)18-2)19(15,16)13-6-9(7-13)8-14/h3-5,9,14H,6-8H2,1-2H3. The fourth-order valence-electron chi connectivity index (χ4n) is 1.96. The molecule has 7 heteroatoms. The van der Waals surface area contributed by atoms with Crippen molar-refractivity contribution in [2.24, 2.45) is 5.92 Å². The Kier molecular flexibility index (Phi) is 3.98. The second-order valence-electron chi connectivity index (χ2n) is 4.39. The third kappa shape index (κ3) is 2.54. The summed E-state index contributed by atoms with van der Waals surface area (Å²) in [4.78, 5) is 0.168. The highest BCUT2D eigenvalue weighted by molar-refractivity contribution is 7.89.